The molecule has 3 heteroatoms. The molecule has 0 aromatic heterocycles. The second kappa shape index (κ2) is 3.90. The van der Waals surface area contributed by atoms with E-state index < -0.39 is 0 Å². The van der Waals surface area contributed by atoms with Gasteiger partial charge in [0, 0.05) is 31.8 Å². The quantitative estimate of drug-likeness (QED) is 0.642. The second-order valence-corrected chi connectivity index (χ2v) is 4.01. The molecule has 0 aliphatic carbocycles. The van der Waals surface area contributed by atoms with Gasteiger partial charge in [-0.2, -0.15) is 0 Å². The van der Waals surface area contributed by atoms with Gasteiger partial charge in [-0.3, -0.25) is 9.59 Å². The molecule has 0 aromatic rings. The summed E-state index contributed by atoms with van der Waals surface area (Å²) < 4.78 is 0. The lowest BCUT2D eigenvalue weighted by Gasteiger charge is -2.14. The minimum Gasteiger partial charge on any atom is -0.342 e. The first-order valence-electron chi connectivity index (χ1n) is 4.81. The molecule has 0 aromatic carbocycles. The number of amides is 1. The van der Waals surface area contributed by atoms with Crippen LogP contribution in [0.15, 0.2) is 0 Å². The molecular weight excluding hydrogens is 166 g/mol. The van der Waals surface area contributed by atoms with Crippen LogP contribution in [0, 0.1) is 11.8 Å². The van der Waals surface area contributed by atoms with Crippen molar-refractivity contribution >= 4 is 11.7 Å². The van der Waals surface area contributed by atoms with E-state index in [4.69, 9.17) is 0 Å². The first-order valence-corrected chi connectivity index (χ1v) is 4.81. The Morgan fingerprint density at radius 2 is 2.00 bits per heavy atom. The minimum atomic E-state index is 0.0825. The van der Waals surface area contributed by atoms with Gasteiger partial charge in [-0.25, -0.2) is 0 Å². The summed E-state index contributed by atoms with van der Waals surface area (Å²) in [5.41, 5.74) is 0. The van der Waals surface area contributed by atoms with E-state index in [1.54, 1.807) is 11.8 Å². The van der Waals surface area contributed by atoms with Crippen LogP contribution in [0.1, 0.15) is 27.2 Å². The van der Waals surface area contributed by atoms with Crippen molar-refractivity contribution < 1.29 is 9.59 Å². The van der Waals surface area contributed by atoms with Crippen molar-refractivity contribution in [3.05, 3.63) is 0 Å². The van der Waals surface area contributed by atoms with Crippen molar-refractivity contribution in [2.45, 2.75) is 27.2 Å². The van der Waals surface area contributed by atoms with Crippen LogP contribution in [0.2, 0.25) is 0 Å². The predicted molar refractivity (Wildman–Crippen MR) is 50.2 cm³/mol. The van der Waals surface area contributed by atoms with Gasteiger partial charge >= 0.3 is 0 Å². The molecule has 1 aliphatic heterocycles. The SMILES string of the molecule is CC(=O)N1CC[C@@H](C(=O)C(C)C)C1. The van der Waals surface area contributed by atoms with E-state index in [2.05, 4.69) is 0 Å². The number of likely N-dealkylation sites (tertiary alicyclic amines) is 1. The Balaban J connectivity index is 2.50. The molecule has 1 aliphatic rings. The third-order valence-electron chi connectivity index (χ3n) is 2.60. The van der Waals surface area contributed by atoms with E-state index in [0.717, 1.165) is 13.0 Å². The van der Waals surface area contributed by atoms with Gasteiger partial charge in [0.1, 0.15) is 5.78 Å². The van der Waals surface area contributed by atoms with Crippen LogP contribution in [0.25, 0.3) is 0 Å². The first-order chi connectivity index (χ1) is 6.02. The summed E-state index contributed by atoms with van der Waals surface area (Å²) in [7, 11) is 0. The zero-order valence-corrected chi connectivity index (χ0v) is 8.54. The smallest absolute Gasteiger partial charge is 0.219 e. The molecule has 74 valence electrons. The van der Waals surface area contributed by atoms with Crippen molar-refractivity contribution in [3.8, 4) is 0 Å². The van der Waals surface area contributed by atoms with Crippen LogP contribution < -0.4 is 0 Å². The maximum absolute atomic E-state index is 11.6. The highest BCUT2D eigenvalue weighted by Crippen LogP contribution is 2.20. The van der Waals surface area contributed by atoms with E-state index in [1.807, 2.05) is 13.8 Å². The molecule has 1 fully saturated rings. The Labute approximate surface area is 79.1 Å². The summed E-state index contributed by atoms with van der Waals surface area (Å²) in [4.78, 5) is 24.3. The number of rotatable bonds is 2. The average molecular weight is 183 g/mol. The van der Waals surface area contributed by atoms with Crippen molar-refractivity contribution in [1.82, 2.24) is 4.90 Å². The zero-order valence-electron chi connectivity index (χ0n) is 8.54. The van der Waals surface area contributed by atoms with Gasteiger partial charge in [0.25, 0.3) is 0 Å². The number of Topliss-reactive ketones (excluding diaryl/α,β-unsaturated/α-hetero) is 1. The van der Waals surface area contributed by atoms with Crippen LogP contribution in [-0.4, -0.2) is 29.7 Å². The number of hydrogen-bond acceptors (Lipinski definition) is 2. The van der Waals surface area contributed by atoms with Gasteiger partial charge in [0.15, 0.2) is 0 Å². The number of hydrogen-bond donors (Lipinski definition) is 0. The van der Waals surface area contributed by atoms with E-state index in [-0.39, 0.29) is 17.7 Å². The van der Waals surface area contributed by atoms with Crippen LogP contribution in [-0.2, 0) is 9.59 Å². The monoisotopic (exact) mass is 183 g/mol. The van der Waals surface area contributed by atoms with Gasteiger partial charge in [-0.15, -0.1) is 0 Å². The normalized spacial score (nSPS) is 22.5. The number of carbonyl (C=O) groups excluding carboxylic acids is 2. The molecule has 3 nitrogen and oxygen atoms in total. The summed E-state index contributed by atoms with van der Waals surface area (Å²) in [6.45, 7) is 6.77. The predicted octanol–water partition coefficient (Wildman–Crippen LogP) is 1.08. The van der Waals surface area contributed by atoms with E-state index in [1.165, 1.54) is 0 Å². The maximum Gasteiger partial charge on any atom is 0.219 e. The lowest BCUT2D eigenvalue weighted by atomic mass is 9.95. The molecule has 0 unspecified atom stereocenters. The van der Waals surface area contributed by atoms with Crippen LogP contribution >= 0.6 is 0 Å². The largest absolute Gasteiger partial charge is 0.342 e. The van der Waals surface area contributed by atoms with E-state index in [9.17, 15) is 9.59 Å². The van der Waals surface area contributed by atoms with Crippen LogP contribution in [0.3, 0.4) is 0 Å². The fourth-order valence-electron chi connectivity index (χ4n) is 1.75. The highest BCUT2D eigenvalue weighted by atomic mass is 16.2. The topological polar surface area (TPSA) is 37.4 Å². The van der Waals surface area contributed by atoms with Crippen molar-refractivity contribution in [2.75, 3.05) is 13.1 Å². The van der Waals surface area contributed by atoms with Gasteiger partial charge in [-0.1, -0.05) is 13.8 Å². The third-order valence-corrected chi connectivity index (χ3v) is 2.60. The Morgan fingerprint density at radius 3 is 2.38 bits per heavy atom. The summed E-state index contributed by atoms with van der Waals surface area (Å²) in [6, 6.07) is 0. The van der Waals surface area contributed by atoms with Crippen LogP contribution in [0.5, 0.6) is 0 Å². The highest BCUT2D eigenvalue weighted by molar-refractivity contribution is 5.84. The standard InChI is InChI=1S/C10H17NO2/c1-7(2)10(13)9-4-5-11(6-9)8(3)12/h7,9H,4-6H2,1-3H3/t9-/m1/s1. The van der Waals surface area contributed by atoms with Crippen molar-refractivity contribution in [2.24, 2.45) is 11.8 Å². The molecule has 0 spiro atoms. The highest BCUT2D eigenvalue weighted by Gasteiger charge is 2.30. The lowest BCUT2D eigenvalue weighted by molar-refractivity contribution is -0.128. The molecule has 1 saturated heterocycles. The molecule has 1 amide bonds. The Bertz CT molecular complexity index is 223. The number of ketones is 1. The molecule has 0 saturated carbocycles. The molecule has 1 atom stereocenters. The Morgan fingerprint density at radius 1 is 1.38 bits per heavy atom. The molecular formula is C10H17NO2. The van der Waals surface area contributed by atoms with Crippen molar-refractivity contribution in [3.63, 3.8) is 0 Å². The minimum absolute atomic E-state index is 0.0825. The summed E-state index contributed by atoms with van der Waals surface area (Å²) in [5.74, 6) is 0.559. The second-order valence-electron chi connectivity index (χ2n) is 4.01. The summed E-state index contributed by atoms with van der Waals surface area (Å²) in [5, 5.41) is 0. The third kappa shape index (κ3) is 2.29. The van der Waals surface area contributed by atoms with E-state index >= 15 is 0 Å². The van der Waals surface area contributed by atoms with Gasteiger partial charge < -0.3 is 4.90 Å². The van der Waals surface area contributed by atoms with Crippen LogP contribution in [0.4, 0.5) is 0 Å². The fourth-order valence-corrected chi connectivity index (χ4v) is 1.75. The maximum atomic E-state index is 11.6. The molecule has 1 rings (SSSR count). The summed E-state index contributed by atoms with van der Waals surface area (Å²) in [6.07, 6.45) is 0.844. The molecule has 0 bridgehead atoms. The van der Waals surface area contributed by atoms with Gasteiger partial charge in [-0.05, 0) is 6.42 Å². The zero-order chi connectivity index (χ0) is 10.0. The lowest BCUT2D eigenvalue weighted by Crippen LogP contribution is -2.28. The molecule has 0 radical (unpaired) electrons. The Hall–Kier alpha value is -0.860. The van der Waals surface area contributed by atoms with E-state index in [0.29, 0.717) is 12.3 Å². The molecule has 13 heavy (non-hydrogen) atoms. The summed E-state index contributed by atoms with van der Waals surface area (Å²) >= 11 is 0. The Kier molecular flexibility index (Phi) is 3.07. The molecule has 1 heterocycles. The van der Waals surface area contributed by atoms with Gasteiger partial charge in [0.05, 0.1) is 0 Å². The number of nitrogens with zero attached hydrogens (tertiary/aromatic N) is 1. The van der Waals surface area contributed by atoms with Gasteiger partial charge in [0.2, 0.25) is 5.91 Å². The van der Waals surface area contributed by atoms with Crippen molar-refractivity contribution in [1.29, 1.82) is 0 Å². The average Bonchev–Trinajstić information content (AvgIpc) is 2.50. The number of carbonyl (C=O) groups is 2. The molecule has 0 N–H and O–H groups in total. The first kappa shape index (κ1) is 10.2. The fraction of sp³-hybridized carbons (Fsp3) is 0.800.